The maximum atomic E-state index is 8.63. The molecule has 1 aromatic carbocycles. The number of halogens is 1. The summed E-state index contributed by atoms with van der Waals surface area (Å²) < 4.78 is 0. The normalized spacial score (nSPS) is 6.67. The fourth-order valence-electron chi connectivity index (χ4n) is 0.428. The van der Waals surface area contributed by atoms with Gasteiger partial charge in [-0.2, -0.15) is 0 Å². The number of para-hydroxylation sites is 1. The van der Waals surface area contributed by atoms with Gasteiger partial charge in [0.15, 0.2) is 0 Å². The maximum absolute atomic E-state index is 8.63. The Labute approximate surface area is 108 Å². The van der Waals surface area contributed by atoms with Crippen LogP contribution in [0.2, 0.25) is 0 Å². The second-order valence-electron chi connectivity index (χ2n) is 1.34. The molecule has 0 aliphatic rings. The van der Waals surface area contributed by atoms with E-state index in [1.165, 1.54) is 0 Å². The Morgan fingerprint density at radius 3 is 1.67 bits per heavy atom. The summed E-state index contributed by atoms with van der Waals surface area (Å²) in [7, 11) is 0. The molecular weight excluding hydrogens is 207 g/mol. The van der Waals surface area contributed by atoms with Crippen LogP contribution in [-0.4, -0.2) is 56.5 Å². The average Bonchev–Trinajstić information content (AvgIpc) is 1.69. The molecule has 0 saturated carbocycles. The van der Waals surface area contributed by atoms with Crippen molar-refractivity contribution in [3.63, 3.8) is 0 Å². The molecule has 1 nitrogen and oxygen atoms in total. The van der Waals surface area contributed by atoms with Gasteiger partial charge >= 0.3 is 0 Å². The molecule has 1 N–H and O–H groups in total. The molecule has 1 rings (SSSR count). The molecule has 0 bridgehead atoms. The molecule has 9 heavy (non-hydrogen) atoms. The van der Waals surface area contributed by atoms with Crippen molar-refractivity contribution in [1.82, 2.24) is 0 Å². The molecular formula is C6H7BrKO. The van der Waals surface area contributed by atoms with Crippen LogP contribution >= 0.6 is 17.0 Å². The number of aromatic hydroxyl groups is 1. The van der Waals surface area contributed by atoms with E-state index in [-0.39, 0.29) is 68.4 Å². The van der Waals surface area contributed by atoms with Crippen LogP contribution in [0.15, 0.2) is 30.3 Å². The van der Waals surface area contributed by atoms with Crippen molar-refractivity contribution in [2.75, 3.05) is 0 Å². The molecule has 3 heteroatoms. The summed E-state index contributed by atoms with van der Waals surface area (Å²) in [5.74, 6) is 0.322. The van der Waals surface area contributed by atoms with Gasteiger partial charge in [0.05, 0.1) is 0 Å². The number of benzene rings is 1. The number of hydrogen-bond donors (Lipinski definition) is 1. The first-order valence-corrected chi connectivity index (χ1v) is 2.13. The maximum Gasteiger partial charge on any atom is 0.115 e. The smallest absolute Gasteiger partial charge is 0.115 e. The van der Waals surface area contributed by atoms with Crippen LogP contribution in [0.1, 0.15) is 0 Å². The molecule has 0 spiro atoms. The van der Waals surface area contributed by atoms with Crippen molar-refractivity contribution in [2.24, 2.45) is 0 Å². The second-order valence-corrected chi connectivity index (χ2v) is 1.34. The SMILES string of the molecule is Br.Oc1ccccc1.[K]. The minimum atomic E-state index is 0. The van der Waals surface area contributed by atoms with E-state index >= 15 is 0 Å². The Hall–Kier alpha value is 1.14. The third kappa shape index (κ3) is 5.57. The molecule has 0 aliphatic heterocycles. The van der Waals surface area contributed by atoms with Crippen LogP contribution < -0.4 is 0 Å². The summed E-state index contributed by atoms with van der Waals surface area (Å²) in [5, 5.41) is 8.63. The third-order valence-corrected chi connectivity index (χ3v) is 0.756. The van der Waals surface area contributed by atoms with E-state index in [1.807, 2.05) is 6.07 Å². The van der Waals surface area contributed by atoms with Gasteiger partial charge in [-0.05, 0) is 12.1 Å². The summed E-state index contributed by atoms with van der Waals surface area (Å²) in [6, 6.07) is 8.71. The molecule has 1 aromatic rings. The molecule has 45 valence electrons. The molecule has 0 amide bonds. The molecule has 0 heterocycles. The van der Waals surface area contributed by atoms with E-state index in [2.05, 4.69) is 0 Å². The van der Waals surface area contributed by atoms with Crippen molar-refractivity contribution in [2.45, 2.75) is 0 Å². The van der Waals surface area contributed by atoms with Crippen LogP contribution in [0.3, 0.4) is 0 Å². The van der Waals surface area contributed by atoms with E-state index in [4.69, 9.17) is 5.11 Å². The summed E-state index contributed by atoms with van der Waals surface area (Å²) >= 11 is 0. The first-order chi connectivity index (χ1) is 3.39. The van der Waals surface area contributed by atoms with Crippen molar-refractivity contribution >= 4 is 68.4 Å². The molecule has 0 aromatic heterocycles. The number of phenols is 1. The van der Waals surface area contributed by atoms with Crippen LogP contribution in [0.4, 0.5) is 0 Å². The monoisotopic (exact) mass is 213 g/mol. The van der Waals surface area contributed by atoms with Gasteiger partial charge in [-0.15, -0.1) is 17.0 Å². The van der Waals surface area contributed by atoms with E-state index in [0.717, 1.165) is 0 Å². The molecule has 0 fully saturated rings. The minimum absolute atomic E-state index is 0. The Morgan fingerprint density at radius 2 is 1.44 bits per heavy atom. The van der Waals surface area contributed by atoms with E-state index in [1.54, 1.807) is 24.3 Å². The van der Waals surface area contributed by atoms with Gasteiger partial charge in [-0.1, -0.05) is 18.2 Å². The fraction of sp³-hybridized carbons (Fsp3) is 0. The molecule has 0 saturated heterocycles. The quantitative estimate of drug-likeness (QED) is 0.650. The summed E-state index contributed by atoms with van der Waals surface area (Å²) in [6.07, 6.45) is 0. The number of hydrogen-bond acceptors (Lipinski definition) is 1. The largest absolute Gasteiger partial charge is 0.508 e. The van der Waals surface area contributed by atoms with Crippen LogP contribution in [-0.2, 0) is 0 Å². The summed E-state index contributed by atoms with van der Waals surface area (Å²) in [6.45, 7) is 0. The Bertz CT molecular complexity index is 143. The van der Waals surface area contributed by atoms with Crippen molar-refractivity contribution < 1.29 is 5.11 Å². The standard InChI is InChI=1S/C6H6O.BrH.K/c7-6-4-2-1-3-5-6;;/h1-5,7H;1H;. The average molecular weight is 214 g/mol. The Kier molecular flexibility index (Phi) is 10.3. The minimum Gasteiger partial charge on any atom is -0.508 e. The van der Waals surface area contributed by atoms with Gasteiger partial charge in [-0.25, -0.2) is 0 Å². The molecule has 1 radical (unpaired) electrons. The fourth-order valence-corrected chi connectivity index (χ4v) is 0.428. The number of phenolic OH excluding ortho intramolecular Hbond substituents is 1. The van der Waals surface area contributed by atoms with Crippen molar-refractivity contribution in [1.29, 1.82) is 0 Å². The van der Waals surface area contributed by atoms with Gasteiger partial charge in [0.2, 0.25) is 0 Å². The van der Waals surface area contributed by atoms with E-state index < -0.39 is 0 Å². The zero-order valence-corrected chi connectivity index (χ0v) is 10.1. The summed E-state index contributed by atoms with van der Waals surface area (Å²) in [4.78, 5) is 0. The number of rotatable bonds is 0. The van der Waals surface area contributed by atoms with E-state index in [9.17, 15) is 0 Å². The predicted octanol–water partition coefficient (Wildman–Crippen LogP) is 1.59. The molecule has 0 unspecified atom stereocenters. The first kappa shape index (κ1) is 12.8. The van der Waals surface area contributed by atoms with Gasteiger partial charge in [0, 0.05) is 51.4 Å². The van der Waals surface area contributed by atoms with Crippen LogP contribution in [0.5, 0.6) is 5.75 Å². The third-order valence-electron chi connectivity index (χ3n) is 0.756. The second kappa shape index (κ2) is 7.25. The van der Waals surface area contributed by atoms with Crippen LogP contribution in [0.25, 0.3) is 0 Å². The van der Waals surface area contributed by atoms with Crippen LogP contribution in [0, 0.1) is 0 Å². The van der Waals surface area contributed by atoms with Gasteiger partial charge in [0.25, 0.3) is 0 Å². The zero-order chi connectivity index (χ0) is 5.11. The van der Waals surface area contributed by atoms with Gasteiger partial charge in [-0.3, -0.25) is 0 Å². The van der Waals surface area contributed by atoms with Crippen molar-refractivity contribution in [3.05, 3.63) is 30.3 Å². The van der Waals surface area contributed by atoms with Gasteiger partial charge in [0.1, 0.15) is 5.75 Å². The van der Waals surface area contributed by atoms with Crippen molar-refractivity contribution in [3.8, 4) is 5.75 Å². The Morgan fingerprint density at radius 1 is 1.00 bits per heavy atom. The first-order valence-electron chi connectivity index (χ1n) is 2.13. The molecule has 0 atom stereocenters. The predicted molar refractivity (Wildman–Crippen MR) is 44.2 cm³/mol. The summed E-state index contributed by atoms with van der Waals surface area (Å²) in [5.41, 5.74) is 0. The zero-order valence-electron chi connectivity index (χ0n) is 5.24. The topological polar surface area (TPSA) is 20.2 Å². The van der Waals surface area contributed by atoms with E-state index in [0.29, 0.717) is 5.75 Å². The van der Waals surface area contributed by atoms with Gasteiger partial charge < -0.3 is 5.11 Å². The molecule has 0 aliphatic carbocycles. The Balaban J connectivity index is 0.